The lowest BCUT2D eigenvalue weighted by Crippen LogP contribution is -2.37. The van der Waals surface area contributed by atoms with Crippen molar-refractivity contribution in [3.05, 3.63) is 64.2 Å². The molecule has 1 saturated heterocycles. The Labute approximate surface area is 213 Å². The molecule has 12 nitrogen and oxygen atoms in total. The number of amides is 1. The highest BCUT2D eigenvalue weighted by molar-refractivity contribution is 9.09. The lowest BCUT2D eigenvalue weighted by Gasteiger charge is -2.22. The number of anilines is 1. The fraction of sp³-hybridized carbons (Fsp3) is 0.304. The molecular formula is C23H22BrN3O9. The highest BCUT2D eigenvalue weighted by Gasteiger charge is 2.47. The molecule has 4 atom stereocenters. The van der Waals surface area contributed by atoms with Crippen LogP contribution in [-0.4, -0.2) is 62.1 Å². The number of carboxylic acid groups (broad SMARTS) is 1. The number of carbonyl (C=O) groups is 4. The van der Waals surface area contributed by atoms with Crippen molar-refractivity contribution in [2.45, 2.75) is 37.1 Å². The van der Waals surface area contributed by atoms with Gasteiger partial charge in [-0.3, -0.25) is 19.0 Å². The van der Waals surface area contributed by atoms with Gasteiger partial charge in [0.1, 0.15) is 18.5 Å². The third kappa shape index (κ3) is 6.64. The fourth-order valence-corrected chi connectivity index (χ4v) is 4.03. The molecule has 3 rings (SSSR count). The third-order valence-electron chi connectivity index (χ3n) is 4.94. The van der Waals surface area contributed by atoms with Crippen LogP contribution in [0.5, 0.6) is 0 Å². The van der Waals surface area contributed by atoms with E-state index in [1.807, 2.05) is 0 Å². The van der Waals surface area contributed by atoms with Crippen LogP contribution in [0.2, 0.25) is 0 Å². The van der Waals surface area contributed by atoms with Crippen LogP contribution < -0.4 is 11.0 Å². The van der Waals surface area contributed by atoms with E-state index < -0.39 is 52.8 Å². The molecule has 2 N–H and O–H groups in total. The summed E-state index contributed by atoms with van der Waals surface area (Å²) in [6.45, 7) is 2.22. The Bertz CT molecular complexity index is 1250. The second-order valence-electron chi connectivity index (χ2n) is 7.61. The van der Waals surface area contributed by atoms with Gasteiger partial charge in [-0.1, -0.05) is 34.1 Å². The van der Waals surface area contributed by atoms with Crippen molar-refractivity contribution >= 4 is 51.6 Å². The second-order valence-corrected chi connectivity index (χ2v) is 8.67. The summed E-state index contributed by atoms with van der Waals surface area (Å²) in [6, 6.07) is 8.14. The maximum absolute atomic E-state index is 13.0. The average molecular weight is 564 g/mol. The van der Waals surface area contributed by atoms with Gasteiger partial charge in [-0.2, -0.15) is 4.98 Å². The molecule has 0 aliphatic carbocycles. The molecule has 0 unspecified atom stereocenters. The van der Waals surface area contributed by atoms with Crippen molar-refractivity contribution in [1.82, 2.24) is 9.55 Å². The van der Waals surface area contributed by atoms with Gasteiger partial charge in [0.2, 0.25) is 0 Å². The maximum Gasteiger partial charge on any atom is 0.351 e. The van der Waals surface area contributed by atoms with Crippen molar-refractivity contribution in [2.75, 3.05) is 11.9 Å². The Balaban J connectivity index is 2.01. The normalized spacial score (nSPS) is 21.2. The maximum atomic E-state index is 13.0. The van der Waals surface area contributed by atoms with E-state index >= 15 is 0 Å². The van der Waals surface area contributed by atoms with E-state index in [9.17, 15) is 24.0 Å². The lowest BCUT2D eigenvalue weighted by molar-refractivity contribution is -0.153. The number of carbonyl (C=O) groups excluding carboxylic acids is 3. The fourth-order valence-electron chi connectivity index (χ4n) is 3.39. The number of ether oxygens (including phenoxy) is 3. The highest BCUT2D eigenvalue weighted by atomic mass is 79.9. The van der Waals surface area contributed by atoms with Gasteiger partial charge >= 0.3 is 23.6 Å². The predicted octanol–water partition coefficient (Wildman–Crippen LogP) is 1.75. The molecule has 0 saturated carbocycles. The van der Waals surface area contributed by atoms with E-state index in [1.54, 1.807) is 30.3 Å². The first-order chi connectivity index (χ1) is 17.1. The number of carboxylic acids is 1. The van der Waals surface area contributed by atoms with Crippen molar-refractivity contribution in [2.24, 2.45) is 0 Å². The van der Waals surface area contributed by atoms with E-state index in [0.717, 1.165) is 16.7 Å². The molecule has 13 heteroatoms. The molecule has 0 radical (unpaired) electrons. The van der Waals surface area contributed by atoms with E-state index in [2.05, 4.69) is 26.2 Å². The molecule has 2 heterocycles. The minimum absolute atomic E-state index is 0.0704. The van der Waals surface area contributed by atoms with Crippen LogP contribution in [0.25, 0.3) is 6.08 Å². The molecule has 1 fully saturated rings. The highest BCUT2D eigenvalue weighted by Crippen LogP contribution is 2.36. The Morgan fingerprint density at radius 3 is 2.50 bits per heavy atom. The molecule has 1 aliphatic heterocycles. The summed E-state index contributed by atoms with van der Waals surface area (Å²) in [5, 5.41) is 11.6. The molecule has 36 heavy (non-hydrogen) atoms. The molecule has 1 aromatic heterocycles. The number of aliphatic carboxylic acids is 1. The second kappa shape index (κ2) is 11.7. The topological polar surface area (TPSA) is 163 Å². The SMILES string of the molecule is CC(=O)OC[C@H]1O[C@@H](n2cc(/C=C/C(=O)O)c(NC(=O)c3ccccc3)nc2=O)[C@H](OC(C)=O)[C@H]1Br. The number of alkyl halides is 1. The van der Waals surface area contributed by atoms with Crippen molar-refractivity contribution in [3.63, 3.8) is 0 Å². The zero-order valence-electron chi connectivity index (χ0n) is 19.1. The van der Waals surface area contributed by atoms with E-state index in [4.69, 9.17) is 19.3 Å². The zero-order valence-corrected chi connectivity index (χ0v) is 20.7. The van der Waals surface area contributed by atoms with Crippen LogP contribution in [-0.2, 0) is 28.6 Å². The van der Waals surface area contributed by atoms with Crippen molar-refractivity contribution in [3.8, 4) is 0 Å². The van der Waals surface area contributed by atoms with Crippen LogP contribution in [0, 0.1) is 0 Å². The van der Waals surface area contributed by atoms with Gasteiger partial charge in [0.25, 0.3) is 5.91 Å². The number of benzene rings is 1. The Hall–Kier alpha value is -3.84. The summed E-state index contributed by atoms with van der Waals surface area (Å²) in [6.07, 6.45) is 0.164. The molecular weight excluding hydrogens is 542 g/mol. The van der Waals surface area contributed by atoms with Gasteiger partial charge in [-0.15, -0.1) is 0 Å². The molecule has 190 valence electrons. The zero-order chi connectivity index (χ0) is 26.4. The smallest absolute Gasteiger partial charge is 0.351 e. The summed E-state index contributed by atoms with van der Waals surface area (Å²) < 4.78 is 17.2. The molecule has 1 amide bonds. The standard InChI is InChI=1S/C23H22BrN3O9/c1-12(28)34-11-16-18(24)19(35-13(2)29)22(36-16)27-10-15(8-9-17(30)31)20(26-23(27)33)25-21(32)14-6-4-3-5-7-14/h3-10,16,18-19,22H,11H2,1-2H3,(H,30,31)(H,25,26,32,33)/b9-8+/t16-,18+,19-,22-/m1/s1. The first-order valence-electron chi connectivity index (χ1n) is 10.6. The molecule has 2 aromatic rings. The van der Waals surface area contributed by atoms with Crippen LogP contribution >= 0.6 is 15.9 Å². The summed E-state index contributed by atoms with van der Waals surface area (Å²) in [7, 11) is 0. The first-order valence-corrected chi connectivity index (χ1v) is 11.5. The van der Waals surface area contributed by atoms with Crippen molar-refractivity contribution < 1.29 is 38.5 Å². The number of esters is 2. The van der Waals surface area contributed by atoms with Crippen LogP contribution in [0.4, 0.5) is 5.82 Å². The summed E-state index contributed by atoms with van der Waals surface area (Å²) in [4.78, 5) is 62.9. The molecule has 0 spiro atoms. The number of nitrogens with one attached hydrogen (secondary N) is 1. The van der Waals surface area contributed by atoms with Crippen molar-refractivity contribution in [1.29, 1.82) is 0 Å². The molecule has 1 aromatic carbocycles. The Kier molecular flexibility index (Phi) is 8.72. The van der Waals surface area contributed by atoms with Gasteiger partial charge in [0.05, 0.1) is 4.83 Å². The van der Waals surface area contributed by atoms with E-state index in [0.29, 0.717) is 5.56 Å². The monoisotopic (exact) mass is 563 g/mol. The van der Waals surface area contributed by atoms with Gasteiger partial charge in [-0.05, 0) is 18.2 Å². The minimum Gasteiger partial charge on any atom is -0.478 e. The van der Waals surface area contributed by atoms with Gasteiger partial charge in [0.15, 0.2) is 12.3 Å². The lowest BCUT2D eigenvalue weighted by atomic mass is 10.2. The molecule has 1 aliphatic rings. The number of hydrogen-bond donors (Lipinski definition) is 2. The summed E-state index contributed by atoms with van der Waals surface area (Å²) in [5.41, 5.74) is -0.511. The predicted molar refractivity (Wildman–Crippen MR) is 128 cm³/mol. The summed E-state index contributed by atoms with van der Waals surface area (Å²) >= 11 is 3.38. The minimum atomic E-state index is -1.27. The quantitative estimate of drug-likeness (QED) is 0.274. The van der Waals surface area contributed by atoms with Gasteiger partial charge < -0.3 is 24.6 Å². The third-order valence-corrected chi connectivity index (χ3v) is 6.06. The van der Waals surface area contributed by atoms with Gasteiger partial charge in [-0.25, -0.2) is 9.59 Å². The van der Waals surface area contributed by atoms with E-state index in [1.165, 1.54) is 20.0 Å². The Morgan fingerprint density at radius 1 is 1.19 bits per heavy atom. The number of nitrogens with zero attached hydrogens (tertiary/aromatic N) is 2. The van der Waals surface area contributed by atoms with Crippen LogP contribution in [0.15, 0.2) is 47.4 Å². The van der Waals surface area contributed by atoms with Gasteiger partial charge in [0, 0.05) is 37.2 Å². The van der Waals surface area contributed by atoms with Crippen LogP contribution in [0.3, 0.4) is 0 Å². The number of halogens is 1. The largest absolute Gasteiger partial charge is 0.478 e. The number of aromatic nitrogens is 2. The van der Waals surface area contributed by atoms with Crippen LogP contribution in [0.1, 0.15) is 36.0 Å². The van der Waals surface area contributed by atoms with E-state index in [-0.39, 0.29) is 18.0 Å². The number of hydrogen-bond acceptors (Lipinski definition) is 9. The average Bonchev–Trinajstić information content (AvgIpc) is 3.12. The number of rotatable bonds is 8. The summed E-state index contributed by atoms with van der Waals surface area (Å²) in [5.74, 6) is -3.22. The molecule has 0 bridgehead atoms. The Morgan fingerprint density at radius 2 is 1.89 bits per heavy atom. The first kappa shape index (κ1) is 26.8.